The van der Waals surface area contributed by atoms with Crippen LogP contribution >= 0.6 is 0 Å². The summed E-state index contributed by atoms with van der Waals surface area (Å²) < 4.78 is 52.6. The molecule has 0 radical (unpaired) electrons. The fraction of sp³-hybridized carbons (Fsp3) is 0.200. The standard InChI is InChI=1S/C25H21F4N5O/c1-14-10-17-11-16(6-9-21(17)33-23(14)30)24(35)34(15(2)20-4-3-5-22(26)32-20)13-19-8-7-18(12-31-19)25(27,28)29/h3-12,15H,13H2,1-2H3,(H2,30,33)/t15-/m1/s1. The van der Waals surface area contributed by atoms with Crippen LogP contribution in [0.25, 0.3) is 10.9 Å². The molecule has 3 heterocycles. The lowest BCUT2D eigenvalue weighted by atomic mass is 10.1. The summed E-state index contributed by atoms with van der Waals surface area (Å²) >= 11 is 0. The van der Waals surface area contributed by atoms with E-state index < -0.39 is 29.6 Å². The molecule has 4 aromatic rings. The van der Waals surface area contributed by atoms with Gasteiger partial charge in [0.25, 0.3) is 5.91 Å². The van der Waals surface area contributed by atoms with Crippen molar-refractivity contribution < 1.29 is 22.4 Å². The number of hydrogen-bond acceptors (Lipinski definition) is 5. The minimum atomic E-state index is -4.53. The zero-order chi connectivity index (χ0) is 25.3. The number of pyridine rings is 3. The Morgan fingerprint density at radius 1 is 1.09 bits per heavy atom. The Morgan fingerprint density at radius 3 is 2.51 bits per heavy atom. The first-order chi connectivity index (χ1) is 16.5. The van der Waals surface area contributed by atoms with Crippen LogP contribution in [0, 0.1) is 12.9 Å². The van der Waals surface area contributed by atoms with Crippen LogP contribution in [0.2, 0.25) is 0 Å². The fourth-order valence-electron chi connectivity index (χ4n) is 3.66. The lowest BCUT2D eigenvalue weighted by Crippen LogP contribution is -2.34. The van der Waals surface area contributed by atoms with E-state index in [2.05, 4.69) is 15.0 Å². The summed E-state index contributed by atoms with van der Waals surface area (Å²) in [6.45, 7) is 3.35. The van der Waals surface area contributed by atoms with Crippen molar-refractivity contribution in [3.8, 4) is 0 Å². The molecule has 0 aliphatic heterocycles. The zero-order valence-corrected chi connectivity index (χ0v) is 18.8. The maximum Gasteiger partial charge on any atom is 0.417 e. The van der Waals surface area contributed by atoms with Gasteiger partial charge in [-0.2, -0.15) is 17.6 Å². The molecule has 0 unspecified atom stereocenters. The van der Waals surface area contributed by atoms with Gasteiger partial charge in [-0.05, 0) is 67.9 Å². The first-order valence-corrected chi connectivity index (χ1v) is 10.7. The Hall–Kier alpha value is -4.08. The van der Waals surface area contributed by atoms with Gasteiger partial charge < -0.3 is 10.6 Å². The molecule has 0 bridgehead atoms. The van der Waals surface area contributed by atoms with Crippen molar-refractivity contribution in [3.05, 3.63) is 94.8 Å². The Balaban J connectivity index is 1.72. The number of anilines is 1. The van der Waals surface area contributed by atoms with Crippen molar-refractivity contribution in [1.29, 1.82) is 0 Å². The number of aromatic nitrogens is 3. The molecule has 35 heavy (non-hydrogen) atoms. The van der Waals surface area contributed by atoms with Crippen molar-refractivity contribution in [1.82, 2.24) is 19.9 Å². The summed E-state index contributed by atoms with van der Waals surface area (Å²) in [5, 5.41) is 0.701. The molecule has 1 aromatic carbocycles. The van der Waals surface area contributed by atoms with Crippen LogP contribution in [0.1, 0.15) is 45.8 Å². The number of carbonyl (C=O) groups is 1. The predicted octanol–water partition coefficient (Wildman–Crippen LogP) is 5.48. The summed E-state index contributed by atoms with van der Waals surface area (Å²) in [6.07, 6.45) is -3.81. The van der Waals surface area contributed by atoms with Crippen LogP contribution in [0.15, 0.2) is 60.8 Å². The van der Waals surface area contributed by atoms with Gasteiger partial charge in [0.2, 0.25) is 5.95 Å². The number of halogens is 4. The number of benzene rings is 1. The number of nitrogens with two attached hydrogens (primary N) is 1. The molecule has 0 fully saturated rings. The van der Waals surface area contributed by atoms with Crippen LogP contribution in [0.4, 0.5) is 23.4 Å². The normalized spacial score (nSPS) is 12.5. The molecule has 4 rings (SSSR count). The van der Waals surface area contributed by atoms with E-state index >= 15 is 0 Å². The van der Waals surface area contributed by atoms with E-state index in [4.69, 9.17) is 5.73 Å². The quantitative estimate of drug-likeness (QED) is 0.300. The molecule has 0 saturated heterocycles. The summed E-state index contributed by atoms with van der Waals surface area (Å²) in [7, 11) is 0. The van der Waals surface area contributed by atoms with E-state index in [1.54, 1.807) is 38.1 Å². The van der Waals surface area contributed by atoms with Gasteiger partial charge in [-0.25, -0.2) is 9.97 Å². The van der Waals surface area contributed by atoms with Crippen LogP contribution in [-0.4, -0.2) is 25.8 Å². The monoisotopic (exact) mass is 483 g/mol. The largest absolute Gasteiger partial charge is 0.417 e. The van der Waals surface area contributed by atoms with Crippen LogP contribution in [0.5, 0.6) is 0 Å². The highest BCUT2D eigenvalue weighted by atomic mass is 19.4. The third-order valence-corrected chi connectivity index (χ3v) is 5.67. The minimum Gasteiger partial charge on any atom is -0.383 e. The van der Waals surface area contributed by atoms with Gasteiger partial charge in [-0.3, -0.25) is 9.78 Å². The van der Waals surface area contributed by atoms with E-state index in [1.807, 2.05) is 6.07 Å². The maximum atomic E-state index is 13.8. The zero-order valence-electron chi connectivity index (χ0n) is 18.8. The predicted molar refractivity (Wildman–Crippen MR) is 123 cm³/mol. The van der Waals surface area contributed by atoms with E-state index in [0.29, 0.717) is 22.3 Å². The molecule has 0 saturated carbocycles. The smallest absolute Gasteiger partial charge is 0.383 e. The third-order valence-electron chi connectivity index (χ3n) is 5.67. The number of nitrogens with zero attached hydrogens (tertiary/aromatic N) is 4. The number of nitrogen functional groups attached to an aromatic ring is 1. The van der Waals surface area contributed by atoms with Gasteiger partial charge in [-0.15, -0.1) is 0 Å². The molecule has 1 atom stereocenters. The van der Waals surface area contributed by atoms with Crippen molar-refractivity contribution >= 4 is 22.6 Å². The molecular formula is C25H21F4N5O. The van der Waals surface area contributed by atoms with Gasteiger partial charge in [-0.1, -0.05) is 6.07 Å². The number of hydrogen-bond donors (Lipinski definition) is 1. The number of fused-ring (bicyclic) bond motifs is 1. The first kappa shape index (κ1) is 24.1. The summed E-state index contributed by atoms with van der Waals surface area (Å²) in [4.78, 5) is 27.1. The number of rotatable bonds is 5. The second-order valence-electron chi connectivity index (χ2n) is 8.13. The van der Waals surface area contributed by atoms with Crippen LogP contribution in [0.3, 0.4) is 0 Å². The number of alkyl halides is 3. The van der Waals surface area contributed by atoms with Crippen LogP contribution < -0.4 is 5.73 Å². The van der Waals surface area contributed by atoms with E-state index in [9.17, 15) is 22.4 Å². The van der Waals surface area contributed by atoms with Crippen LogP contribution in [-0.2, 0) is 12.7 Å². The van der Waals surface area contributed by atoms with Gasteiger partial charge in [0.15, 0.2) is 0 Å². The highest BCUT2D eigenvalue weighted by molar-refractivity contribution is 5.98. The number of aryl methyl sites for hydroxylation is 1. The Bertz CT molecular complexity index is 1390. The van der Waals surface area contributed by atoms with E-state index in [-0.39, 0.29) is 17.9 Å². The van der Waals surface area contributed by atoms with Crippen molar-refractivity contribution in [3.63, 3.8) is 0 Å². The highest BCUT2D eigenvalue weighted by Crippen LogP contribution is 2.29. The SMILES string of the molecule is Cc1cc2cc(C(=O)N(Cc3ccc(C(F)(F)F)cn3)[C@H](C)c3cccc(F)n3)ccc2nc1N. The molecule has 0 spiro atoms. The molecule has 10 heteroatoms. The third kappa shape index (κ3) is 5.21. The average Bonchev–Trinajstić information content (AvgIpc) is 2.82. The number of carbonyl (C=O) groups excluding carboxylic acids is 1. The van der Waals surface area contributed by atoms with Gasteiger partial charge in [0.1, 0.15) is 5.82 Å². The second kappa shape index (κ2) is 9.28. The molecule has 2 N–H and O–H groups in total. The molecule has 0 aliphatic carbocycles. The molecule has 1 amide bonds. The molecule has 6 nitrogen and oxygen atoms in total. The summed E-state index contributed by atoms with van der Waals surface area (Å²) in [5.74, 6) is -0.752. The van der Waals surface area contributed by atoms with Crippen molar-refractivity contribution in [2.24, 2.45) is 0 Å². The summed E-state index contributed by atoms with van der Waals surface area (Å²) in [5.41, 5.74) is 7.19. The Kier molecular flexibility index (Phi) is 6.38. The molecular weight excluding hydrogens is 462 g/mol. The van der Waals surface area contributed by atoms with Crippen molar-refractivity contribution in [2.75, 3.05) is 5.73 Å². The Morgan fingerprint density at radius 2 is 1.86 bits per heavy atom. The molecule has 0 aliphatic rings. The minimum absolute atomic E-state index is 0.118. The first-order valence-electron chi connectivity index (χ1n) is 10.7. The Labute approximate surface area is 198 Å². The van der Waals surface area contributed by atoms with Crippen molar-refractivity contribution in [2.45, 2.75) is 32.6 Å². The average molecular weight is 483 g/mol. The molecule has 3 aromatic heterocycles. The van der Waals surface area contributed by atoms with Gasteiger partial charge in [0, 0.05) is 17.1 Å². The lowest BCUT2D eigenvalue weighted by Gasteiger charge is -2.29. The maximum absolute atomic E-state index is 13.8. The van der Waals surface area contributed by atoms with E-state index in [0.717, 1.165) is 17.8 Å². The lowest BCUT2D eigenvalue weighted by molar-refractivity contribution is -0.137. The van der Waals surface area contributed by atoms with Gasteiger partial charge in [0.05, 0.1) is 35.1 Å². The highest BCUT2D eigenvalue weighted by Gasteiger charge is 2.31. The van der Waals surface area contributed by atoms with E-state index in [1.165, 1.54) is 23.1 Å². The summed E-state index contributed by atoms with van der Waals surface area (Å²) in [6, 6.07) is 12.4. The second-order valence-corrected chi connectivity index (χ2v) is 8.13. The van der Waals surface area contributed by atoms with Gasteiger partial charge >= 0.3 is 6.18 Å². The topological polar surface area (TPSA) is 85.0 Å². The fourth-order valence-corrected chi connectivity index (χ4v) is 3.66. The molecule has 180 valence electrons. The number of amides is 1.